The van der Waals surface area contributed by atoms with Crippen molar-refractivity contribution in [1.29, 1.82) is 0 Å². The Morgan fingerprint density at radius 1 is 0.779 bits per heavy atom. The van der Waals surface area contributed by atoms with Crippen molar-refractivity contribution in [1.82, 2.24) is 34.9 Å². The van der Waals surface area contributed by atoms with Crippen LogP contribution in [0, 0.1) is 17.2 Å². The van der Waals surface area contributed by atoms with E-state index in [0.717, 1.165) is 115 Å². The Morgan fingerprint density at radius 2 is 1.48 bits per heavy atom. The first-order valence-corrected chi connectivity index (χ1v) is 29.7. The van der Waals surface area contributed by atoms with Gasteiger partial charge < -0.3 is 34.6 Å². The number of halogens is 2. The van der Waals surface area contributed by atoms with Crippen LogP contribution < -0.4 is 35.8 Å². The largest absolute Gasteiger partial charge is 0.494 e. The smallest absolute Gasteiger partial charge is 0.262 e. The first kappa shape index (κ1) is 52.1. The van der Waals surface area contributed by atoms with E-state index in [-0.39, 0.29) is 29.4 Å². The number of aromatic nitrogens is 4. The number of benzene rings is 4. The fraction of sp³-hybridized carbons (Fsp3) is 0.386. The molecule has 4 aromatic carbocycles. The second kappa shape index (κ2) is 21.1. The Hall–Kier alpha value is -6.95. The summed E-state index contributed by atoms with van der Waals surface area (Å²) < 4.78 is 37.9. The molecule has 4 amide bonds. The van der Waals surface area contributed by atoms with Gasteiger partial charge in [-0.25, -0.2) is 9.37 Å². The molecule has 2 aromatic heterocycles. The highest BCUT2D eigenvalue weighted by molar-refractivity contribution is 9.10. The highest BCUT2D eigenvalue weighted by Gasteiger charge is 2.46. The molecule has 0 aliphatic carbocycles. The normalized spacial score (nSPS) is 19.2. The van der Waals surface area contributed by atoms with Crippen LogP contribution in [-0.4, -0.2) is 125 Å². The van der Waals surface area contributed by atoms with Crippen molar-refractivity contribution < 1.29 is 32.9 Å². The van der Waals surface area contributed by atoms with Gasteiger partial charge >= 0.3 is 0 Å². The third kappa shape index (κ3) is 10.6. The molecule has 20 heteroatoms. The van der Waals surface area contributed by atoms with Crippen LogP contribution in [-0.2, 0) is 21.2 Å². The number of carbonyl (C=O) groups is 4. The van der Waals surface area contributed by atoms with Crippen LogP contribution in [0.25, 0.3) is 22.3 Å². The van der Waals surface area contributed by atoms with Gasteiger partial charge in [0.05, 0.1) is 46.0 Å². The number of piperidine rings is 4. The third-order valence-electron chi connectivity index (χ3n) is 16.3. The summed E-state index contributed by atoms with van der Waals surface area (Å²) in [7, 11) is 0.865. The molecule has 1 atom stereocenters. The molecule has 4 fully saturated rings. The van der Waals surface area contributed by atoms with Crippen LogP contribution >= 0.6 is 23.1 Å². The van der Waals surface area contributed by atoms with E-state index in [2.05, 4.69) is 63.9 Å². The van der Waals surface area contributed by atoms with E-state index in [1.807, 2.05) is 77.6 Å². The fourth-order valence-electron chi connectivity index (χ4n) is 11.9. The van der Waals surface area contributed by atoms with Gasteiger partial charge in [-0.15, -0.1) is 0 Å². The molecule has 1 unspecified atom stereocenters. The number of rotatable bonds is 13. The molecule has 1 spiro atoms. The van der Waals surface area contributed by atoms with Gasteiger partial charge in [0.15, 0.2) is 0 Å². The summed E-state index contributed by atoms with van der Waals surface area (Å²) in [6.07, 6.45) is 11.8. The number of hydrogen-bond acceptors (Lipinski definition) is 14. The molecule has 77 heavy (non-hydrogen) atoms. The molecule has 4 saturated heterocycles. The topological polar surface area (TPSA) is 187 Å². The second-order valence-corrected chi connectivity index (χ2v) is 25.6. The number of amides is 4. The average Bonchev–Trinajstić information content (AvgIpc) is 4.11. The summed E-state index contributed by atoms with van der Waals surface area (Å²) in [5.74, 6) is -1.10. The molecule has 0 saturated carbocycles. The molecule has 5 aliphatic rings. The van der Waals surface area contributed by atoms with E-state index in [4.69, 9.17) is 9.72 Å². The minimum Gasteiger partial charge on any atom is -0.494 e. The molecule has 5 aliphatic heterocycles. The highest BCUT2D eigenvalue weighted by Crippen LogP contribution is 2.47. The van der Waals surface area contributed by atoms with Crippen LogP contribution in [0.5, 0.6) is 5.75 Å². The SMILES string of the molecule is COc1cc(N2CCC3(CCN(CC4CCN(c5cc6c(cc5F)C(=O)N(C5CCC(=O)NC5=O)C6=O)CC4)CC3)CC2)c(-c2cnn(C)c2)cc1Nc1ncc(Br)c(Nc2ccc(-c3ccccc3)cc2P(C)(C)=O)n1. The Labute approximate surface area is 455 Å². The van der Waals surface area contributed by atoms with Crippen molar-refractivity contribution in [3.05, 3.63) is 113 Å². The van der Waals surface area contributed by atoms with Gasteiger partial charge in [-0.2, -0.15) is 10.1 Å². The molecule has 17 nitrogen and oxygen atoms in total. The monoisotopic (exact) mass is 1130 g/mol. The number of carbonyl (C=O) groups excluding carboxylic acids is 4. The van der Waals surface area contributed by atoms with E-state index in [1.54, 1.807) is 26.6 Å². The zero-order chi connectivity index (χ0) is 53.8. The van der Waals surface area contributed by atoms with Crippen LogP contribution in [0.4, 0.5) is 38.9 Å². The first-order chi connectivity index (χ1) is 37.0. The minimum atomic E-state index is -2.72. The molecule has 7 heterocycles. The van der Waals surface area contributed by atoms with Gasteiger partial charge in [0.1, 0.15) is 30.6 Å². The maximum absolute atomic E-state index is 15.7. The molecule has 0 bridgehead atoms. The van der Waals surface area contributed by atoms with E-state index in [0.29, 0.717) is 58.1 Å². The summed E-state index contributed by atoms with van der Waals surface area (Å²) in [5, 5.41) is 14.4. The summed E-state index contributed by atoms with van der Waals surface area (Å²) in [6, 6.07) is 21.7. The molecular formula is C57H62BrFN11O6P. The number of ether oxygens (including phenoxy) is 1. The molecule has 0 radical (unpaired) electrons. The number of methoxy groups -OCH3 is 1. The van der Waals surface area contributed by atoms with Crippen molar-refractivity contribution >= 4 is 86.5 Å². The van der Waals surface area contributed by atoms with Crippen molar-refractivity contribution in [3.63, 3.8) is 0 Å². The number of likely N-dealkylation sites (tertiary alicyclic amines) is 1. The van der Waals surface area contributed by atoms with Crippen molar-refractivity contribution in [2.75, 3.05) is 86.7 Å². The van der Waals surface area contributed by atoms with Crippen LogP contribution in [0.2, 0.25) is 0 Å². The zero-order valence-electron chi connectivity index (χ0n) is 43.7. The number of nitrogens with zero attached hydrogens (tertiary/aromatic N) is 8. The summed E-state index contributed by atoms with van der Waals surface area (Å²) in [5.41, 5.74) is 7.07. The lowest BCUT2D eigenvalue weighted by Gasteiger charge is -2.48. The predicted octanol–water partition coefficient (Wildman–Crippen LogP) is 9.19. The van der Waals surface area contributed by atoms with E-state index >= 15 is 4.39 Å². The highest BCUT2D eigenvalue weighted by atomic mass is 79.9. The maximum atomic E-state index is 15.7. The molecule has 11 rings (SSSR count). The quantitative estimate of drug-likeness (QED) is 0.0734. The van der Waals surface area contributed by atoms with E-state index in [9.17, 15) is 23.7 Å². The second-order valence-electron chi connectivity index (χ2n) is 21.6. The van der Waals surface area contributed by atoms with Crippen LogP contribution in [0.15, 0.2) is 95.9 Å². The van der Waals surface area contributed by atoms with Crippen LogP contribution in [0.1, 0.15) is 72.1 Å². The Bertz CT molecular complexity index is 3340. The first-order valence-electron chi connectivity index (χ1n) is 26.3. The number of fused-ring (bicyclic) bond motifs is 1. The Morgan fingerprint density at radius 3 is 2.16 bits per heavy atom. The number of imide groups is 2. The summed E-state index contributed by atoms with van der Waals surface area (Å²) >= 11 is 3.64. The zero-order valence-corrected chi connectivity index (χ0v) is 46.1. The predicted molar refractivity (Wildman–Crippen MR) is 300 cm³/mol. The maximum Gasteiger partial charge on any atom is 0.262 e. The number of nitrogens with one attached hydrogen (secondary N) is 3. The molecular weight excluding hydrogens is 1060 g/mol. The van der Waals surface area contributed by atoms with Gasteiger partial charge in [0.25, 0.3) is 11.8 Å². The van der Waals surface area contributed by atoms with E-state index < -0.39 is 42.6 Å². The number of anilines is 6. The van der Waals surface area contributed by atoms with Gasteiger partial charge in [-0.1, -0.05) is 36.4 Å². The Kier molecular flexibility index (Phi) is 14.3. The van der Waals surface area contributed by atoms with Gasteiger partial charge in [-0.05, 0) is 140 Å². The summed E-state index contributed by atoms with van der Waals surface area (Å²) in [4.78, 5) is 68.4. The average molecular weight is 1130 g/mol. The lowest BCUT2D eigenvalue weighted by Crippen LogP contribution is -2.54. The molecule has 400 valence electrons. The lowest BCUT2D eigenvalue weighted by atomic mass is 9.71. The Balaban J connectivity index is 0.721. The fourth-order valence-corrected chi connectivity index (χ4v) is 13.4. The standard InChI is InChI=1S/C57H62BrFN11O6P/c1-66-34-38(31-61-66)39-28-45(63-56-60-32-42(58)52(65-56)62-44-11-10-37(26-50(44)77(3,4)75)36-8-6-5-7-9-36)49(76-2)30-47(39)69-24-18-57(19-25-69)16-22-67(23-17-57)33-35-14-20-68(21-15-35)48-29-41-40(27-43(48)59)54(73)70(55(41)74)46-12-13-51(71)64-53(46)72/h5-11,26-32,34-35,46H,12-25,33H2,1-4H3,(H,64,71,72)(H2,60,62,63,65). The third-order valence-corrected chi connectivity index (χ3v) is 18.4. The van der Waals surface area contributed by atoms with E-state index in [1.165, 1.54) is 6.07 Å². The molecule has 3 N–H and O–H groups in total. The molecule has 6 aromatic rings. The number of aryl methyl sites for hydroxylation is 1. The van der Waals surface area contributed by atoms with Crippen molar-refractivity contribution in [3.8, 4) is 28.0 Å². The van der Waals surface area contributed by atoms with Gasteiger partial charge in [-0.3, -0.25) is 34.1 Å². The summed E-state index contributed by atoms with van der Waals surface area (Å²) in [6.45, 7) is 9.65. The van der Waals surface area contributed by atoms with Crippen LogP contribution in [0.3, 0.4) is 0 Å². The van der Waals surface area contributed by atoms with Crippen molar-refractivity contribution in [2.45, 2.75) is 57.4 Å². The lowest BCUT2D eigenvalue weighted by molar-refractivity contribution is -0.136. The number of hydrogen-bond donors (Lipinski definition) is 3. The minimum absolute atomic E-state index is 0.0184. The van der Waals surface area contributed by atoms with Crippen molar-refractivity contribution in [2.24, 2.45) is 18.4 Å². The van der Waals surface area contributed by atoms with Gasteiger partial charge in [0, 0.05) is 86.8 Å². The van der Waals surface area contributed by atoms with Gasteiger partial charge in [0.2, 0.25) is 17.8 Å².